The summed E-state index contributed by atoms with van der Waals surface area (Å²) in [6.45, 7) is 5.82. The van der Waals surface area contributed by atoms with Crippen LogP contribution >= 0.6 is 0 Å². The number of fused-ring (bicyclic) bond motifs is 1. The van der Waals surface area contributed by atoms with Crippen LogP contribution in [-0.2, 0) is 6.42 Å². The van der Waals surface area contributed by atoms with E-state index in [-0.39, 0.29) is 11.9 Å². The molecule has 0 spiro atoms. The molecule has 0 radical (unpaired) electrons. The van der Waals surface area contributed by atoms with Crippen LogP contribution in [0.4, 0.5) is 15.9 Å². The molecule has 0 N–H and O–H groups in total. The minimum absolute atomic E-state index is 0.0379. The topological polar surface area (TPSA) is 38.7 Å². The summed E-state index contributed by atoms with van der Waals surface area (Å²) in [5.41, 5.74) is 4.79. The van der Waals surface area contributed by atoms with Gasteiger partial charge in [0.05, 0.1) is 0 Å². The molecule has 3 aromatic rings. The Morgan fingerprint density at radius 2 is 1.69 bits per heavy atom. The zero-order chi connectivity index (χ0) is 24.6. The predicted molar refractivity (Wildman–Crippen MR) is 142 cm³/mol. The number of likely N-dealkylation sites (N-methyl/N-ethyl adjacent to an activating group) is 1. The third kappa shape index (κ3) is 4.35. The first kappa shape index (κ1) is 23.4. The minimum atomic E-state index is -0.0379. The monoisotopic (exact) mass is 486 g/mol. The summed E-state index contributed by atoms with van der Waals surface area (Å²) >= 11 is 0. The van der Waals surface area contributed by atoms with E-state index in [1.807, 2.05) is 12.1 Å². The molecule has 0 amide bonds. The van der Waals surface area contributed by atoms with E-state index in [1.54, 1.807) is 18.6 Å². The zero-order valence-electron chi connectivity index (χ0n) is 21.2. The Balaban J connectivity index is 1.15. The highest BCUT2D eigenvalue weighted by Crippen LogP contribution is 2.42. The van der Waals surface area contributed by atoms with Gasteiger partial charge >= 0.3 is 0 Å². The Hall–Kier alpha value is -3.03. The summed E-state index contributed by atoms with van der Waals surface area (Å²) in [5, 5.41) is 0. The van der Waals surface area contributed by atoms with Crippen molar-refractivity contribution in [3.8, 4) is 0 Å². The Kier molecular flexibility index (Phi) is 6.36. The molecular formula is C29H35FN6. The normalized spacial score (nSPS) is 24.5. The fourth-order valence-electron chi connectivity index (χ4n) is 6.49. The quantitative estimate of drug-likeness (QED) is 0.544. The van der Waals surface area contributed by atoms with Crippen molar-refractivity contribution in [1.82, 2.24) is 19.8 Å². The molecule has 0 bridgehead atoms. The van der Waals surface area contributed by atoms with Crippen molar-refractivity contribution in [2.45, 2.75) is 30.8 Å². The van der Waals surface area contributed by atoms with Gasteiger partial charge in [-0.25, -0.2) is 14.4 Å². The van der Waals surface area contributed by atoms with Crippen LogP contribution in [0.3, 0.4) is 0 Å². The highest BCUT2D eigenvalue weighted by molar-refractivity contribution is 5.51. The van der Waals surface area contributed by atoms with E-state index in [2.05, 4.69) is 74.0 Å². The second kappa shape index (κ2) is 9.79. The molecular weight excluding hydrogens is 451 g/mol. The van der Waals surface area contributed by atoms with E-state index in [9.17, 15) is 4.39 Å². The summed E-state index contributed by atoms with van der Waals surface area (Å²) < 4.78 is 14.8. The maximum absolute atomic E-state index is 14.8. The van der Waals surface area contributed by atoms with E-state index in [1.165, 1.54) is 16.8 Å². The number of piperazine rings is 1. The molecule has 1 aromatic heterocycles. The van der Waals surface area contributed by atoms with Crippen molar-refractivity contribution in [1.29, 1.82) is 0 Å². The first-order valence-electron chi connectivity index (χ1n) is 13.1. The number of nitrogens with zero attached hydrogens (tertiary/aromatic N) is 6. The molecule has 36 heavy (non-hydrogen) atoms. The smallest absolute Gasteiger partial charge is 0.132 e. The highest BCUT2D eigenvalue weighted by atomic mass is 19.1. The van der Waals surface area contributed by atoms with E-state index in [4.69, 9.17) is 0 Å². The summed E-state index contributed by atoms with van der Waals surface area (Å²) in [7, 11) is 4.35. The summed E-state index contributed by atoms with van der Waals surface area (Å²) in [4.78, 5) is 18.1. The lowest BCUT2D eigenvalue weighted by Gasteiger charge is -2.36. The van der Waals surface area contributed by atoms with Gasteiger partial charge in [0, 0.05) is 74.7 Å². The lowest BCUT2D eigenvalue weighted by atomic mass is 9.93. The van der Waals surface area contributed by atoms with Crippen molar-refractivity contribution in [3.05, 3.63) is 83.6 Å². The number of aromatic nitrogens is 2. The van der Waals surface area contributed by atoms with E-state index in [0.29, 0.717) is 12.0 Å². The van der Waals surface area contributed by atoms with Gasteiger partial charge in [0.25, 0.3) is 0 Å². The van der Waals surface area contributed by atoms with Crippen LogP contribution in [0.15, 0.2) is 61.1 Å². The van der Waals surface area contributed by atoms with Crippen molar-refractivity contribution < 1.29 is 4.39 Å². The summed E-state index contributed by atoms with van der Waals surface area (Å²) in [5.74, 6) is 1.38. The van der Waals surface area contributed by atoms with Gasteiger partial charge in [-0.1, -0.05) is 24.3 Å². The SMILES string of the molecule is CN(C)C1CN(C2CCc3cccc(F)c32)CC1c1ccc(N2CCN(c3ccncn3)CC2)cc1. The largest absolute Gasteiger partial charge is 0.368 e. The van der Waals surface area contributed by atoms with Gasteiger partial charge in [-0.05, 0) is 62.3 Å². The number of likely N-dealkylation sites (tertiary alicyclic amines) is 1. The van der Waals surface area contributed by atoms with Gasteiger partial charge in [-0.3, -0.25) is 4.90 Å². The molecule has 188 valence electrons. The van der Waals surface area contributed by atoms with Gasteiger partial charge in [0.2, 0.25) is 0 Å². The van der Waals surface area contributed by atoms with E-state index < -0.39 is 0 Å². The average Bonchev–Trinajstić information content (AvgIpc) is 3.55. The van der Waals surface area contributed by atoms with E-state index >= 15 is 0 Å². The highest BCUT2D eigenvalue weighted by Gasteiger charge is 2.41. The molecule has 7 heteroatoms. The van der Waals surface area contributed by atoms with Gasteiger partial charge in [0.15, 0.2) is 0 Å². The molecule has 6 nitrogen and oxygen atoms in total. The number of halogens is 1. The molecule has 3 unspecified atom stereocenters. The summed E-state index contributed by atoms with van der Waals surface area (Å²) in [6.07, 6.45) is 5.42. The first-order valence-corrected chi connectivity index (χ1v) is 13.1. The molecule has 2 aliphatic heterocycles. The number of benzene rings is 2. The molecule has 0 saturated carbocycles. The number of aryl methyl sites for hydroxylation is 1. The second-order valence-corrected chi connectivity index (χ2v) is 10.6. The molecule has 3 atom stereocenters. The molecule has 2 fully saturated rings. The first-order chi connectivity index (χ1) is 17.6. The Morgan fingerprint density at radius 1 is 0.917 bits per heavy atom. The fraction of sp³-hybridized carbons (Fsp3) is 0.448. The molecule has 1 aliphatic carbocycles. The Morgan fingerprint density at radius 3 is 2.42 bits per heavy atom. The van der Waals surface area contributed by atoms with Crippen molar-refractivity contribution in [2.75, 3.05) is 63.2 Å². The third-order valence-electron chi connectivity index (χ3n) is 8.44. The van der Waals surface area contributed by atoms with E-state index in [0.717, 1.165) is 63.5 Å². The zero-order valence-corrected chi connectivity index (χ0v) is 21.2. The van der Waals surface area contributed by atoms with Gasteiger partial charge in [0.1, 0.15) is 18.0 Å². The van der Waals surface area contributed by atoms with Crippen molar-refractivity contribution in [3.63, 3.8) is 0 Å². The molecule has 2 saturated heterocycles. The maximum Gasteiger partial charge on any atom is 0.132 e. The lowest BCUT2D eigenvalue weighted by molar-refractivity contribution is 0.213. The average molecular weight is 487 g/mol. The van der Waals surface area contributed by atoms with Crippen LogP contribution < -0.4 is 9.80 Å². The third-order valence-corrected chi connectivity index (χ3v) is 8.44. The van der Waals surface area contributed by atoms with Gasteiger partial charge in [-0.2, -0.15) is 0 Å². The van der Waals surface area contributed by atoms with Crippen LogP contribution in [0.25, 0.3) is 0 Å². The fourth-order valence-corrected chi connectivity index (χ4v) is 6.49. The van der Waals surface area contributed by atoms with Crippen LogP contribution in [0.1, 0.15) is 35.1 Å². The van der Waals surface area contributed by atoms with Gasteiger partial charge < -0.3 is 14.7 Å². The molecule has 3 heterocycles. The van der Waals surface area contributed by atoms with Crippen LogP contribution in [0.5, 0.6) is 0 Å². The number of anilines is 2. The van der Waals surface area contributed by atoms with Crippen molar-refractivity contribution in [2.24, 2.45) is 0 Å². The van der Waals surface area contributed by atoms with Gasteiger partial charge in [-0.15, -0.1) is 0 Å². The van der Waals surface area contributed by atoms with Crippen LogP contribution in [-0.4, -0.2) is 79.2 Å². The minimum Gasteiger partial charge on any atom is -0.368 e. The predicted octanol–water partition coefficient (Wildman–Crippen LogP) is 3.96. The maximum atomic E-state index is 14.8. The lowest BCUT2D eigenvalue weighted by Crippen LogP contribution is -2.46. The summed E-state index contributed by atoms with van der Waals surface area (Å²) in [6, 6.07) is 17.4. The van der Waals surface area contributed by atoms with Crippen LogP contribution in [0.2, 0.25) is 0 Å². The van der Waals surface area contributed by atoms with Crippen LogP contribution in [0, 0.1) is 5.82 Å². The molecule has 6 rings (SSSR count). The standard InChI is InChI=1S/C29H35FN6/c1-33(2)27-19-36(26-11-8-22-4-3-5-25(30)29(22)26)18-24(27)21-6-9-23(10-7-21)34-14-16-35(17-15-34)28-12-13-31-20-32-28/h3-7,9-10,12-13,20,24,26-27H,8,11,14-19H2,1-2H3. The molecule has 2 aromatic carbocycles. The number of hydrogen-bond donors (Lipinski definition) is 0. The number of hydrogen-bond acceptors (Lipinski definition) is 6. The van der Waals surface area contributed by atoms with Crippen molar-refractivity contribution >= 4 is 11.5 Å². The Labute approximate surface area is 213 Å². The second-order valence-electron chi connectivity index (χ2n) is 10.6. The molecule has 3 aliphatic rings. The Bertz CT molecular complexity index is 1180. The number of rotatable bonds is 5.